The van der Waals surface area contributed by atoms with Crippen LogP contribution in [0, 0.1) is 0 Å². The molecule has 0 bridgehead atoms. The van der Waals surface area contributed by atoms with E-state index in [1.165, 1.54) is 17.5 Å². The minimum Gasteiger partial charge on any atom is -0.360 e. The van der Waals surface area contributed by atoms with Gasteiger partial charge in [-0.3, -0.25) is 4.79 Å². The number of ketones is 1. The number of hydrogen-bond donors (Lipinski definition) is 2. The molecule has 3 heteroatoms. The van der Waals surface area contributed by atoms with Crippen molar-refractivity contribution in [3.63, 3.8) is 0 Å². The maximum atomic E-state index is 12.9. The number of aryl methyl sites for hydroxylation is 1. The zero-order chi connectivity index (χ0) is 16.5. The summed E-state index contributed by atoms with van der Waals surface area (Å²) in [6.45, 7) is 1.97. The number of H-pyrrole nitrogens is 1. The van der Waals surface area contributed by atoms with Gasteiger partial charge in [-0.25, -0.2) is 0 Å². The molecule has 3 aromatic rings. The summed E-state index contributed by atoms with van der Waals surface area (Å²) in [6.07, 6.45) is 5.23. The van der Waals surface area contributed by atoms with E-state index < -0.39 is 0 Å². The fraction of sp³-hybridized carbons (Fsp3) is 0.286. The van der Waals surface area contributed by atoms with E-state index in [2.05, 4.69) is 34.6 Å². The predicted molar refractivity (Wildman–Crippen MR) is 97.3 cm³/mol. The van der Waals surface area contributed by atoms with Gasteiger partial charge in [-0.05, 0) is 43.4 Å². The molecule has 0 fully saturated rings. The summed E-state index contributed by atoms with van der Waals surface area (Å²) >= 11 is 0. The molecule has 1 aromatic heterocycles. The summed E-state index contributed by atoms with van der Waals surface area (Å²) in [7, 11) is 0. The summed E-state index contributed by atoms with van der Waals surface area (Å²) in [5.41, 5.74) is 4.54. The molecule has 0 spiro atoms. The topological polar surface area (TPSA) is 44.9 Å². The molecule has 1 heterocycles. The Hall–Kier alpha value is -2.39. The van der Waals surface area contributed by atoms with Crippen molar-refractivity contribution in [2.45, 2.75) is 38.3 Å². The van der Waals surface area contributed by atoms with Gasteiger partial charge in [0.2, 0.25) is 0 Å². The standard InChI is InChI=1S/C21H22N2O/c1-14(21(24)18-13-22-19-11-5-4-10-17(18)19)23-20-12-6-8-15-7-2-3-9-16(15)20/h2-5,7,9-11,13-14,20,22-23H,6,8,12H2,1H3. The third-order valence-corrected chi connectivity index (χ3v) is 5.07. The lowest BCUT2D eigenvalue weighted by molar-refractivity contribution is 0.0944. The highest BCUT2D eigenvalue weighted by Gasteiger charge is 2.25. The highest BCUT2D eigenvalue weighted by Crippen LogP contribution is 2.30. The lowest BCUT2D eigenvalue weighted by Crippen LogP contribution is -2.38. The smallest absolute Gasteiger partial charge is 0.181 e. The van der Waals surface area contributed by atoms with Crippen LogP contribution in [0.4, 0.5) is 0 Å². The predicted octanol–water partition coefficient (Wildman–Crippen LogP) is 4.41. The van der Waals surface area contributed by atoms with Gasteiger partial charge in [0.15, 0.2) is 5.78 Å². The van der Waals surface area contributed by atoms with Crippen LogP contribution >= 0.6 is 0 Å². The largest absolute Gasteiger partial charge is 0.360 e. The molecule has 0 saturated carbocycles. The van der Waals surface area contributed by atoms with E-state index in [0.717, 1.165) is 29.3 Å². The molecule has 0 radical (unpaired) electrons. The van der Waals surface area contributed by atoms with E-state index in [1.54, 1.807) is 0 Å². The molecule has 3 nitrogen and oxygen atoms in total. The lowest BCUT2D eigenvalue weighted by atomic mass is 9.87. The molecule has 1 aliphatic carbocycles. The summed E-state index contributed by atoms with van der Waals surface area (Å²) in [5.74, 6) is 0.149. The Balaban J connectivity index is 1.57. The van der Waals surface area contributed by atoms with Gasteiger partial charge in [-0.1, -0.05) is 42.5 Å². The number of carbonyl (C=O) groups excluding carboxylic acids is 1. The van der Waals surface area contributed by atoms with Crippen molar-refractivity contribution in [2.75, 3.05) is 0 Å². The third-order valence-electron chi connectivity index (χ3n) is 5.07. The fourth-order valence-electron chi connectivity index (χ4n) is 3.81. The second-order valence-corrected chi connectivity index (χ2v) is 6.64. The van der Waals surface area contributed by atoms with Crippen molar-refractivity contribution in [3.8, 4) is 0 Å². The van der Waals surface area contributed by atoms with Crippen LogP contribution in [0.3, 0.4) is 0 Å². The first-order chi connectivity index (χ1) is 11.7. The van der Waals surface area contributed by atoms with Gasteiger partial charge in [0.1, 0.15) is 0 Å². The number of benzene rings is 2. The number of aromatic amines is 1. The van der Waals surface area contributed by atoms with Crippen LogP contribution in [-0.2, 0) is 6.42 Å². The maximum absolute atomic E-state index is 12.9. The van der Waals surface area contributed by atoms with E-state index in [9.17, 15) is 4.79 Å². The van der Waals surface area contributed by atoms with Crippen molar-refractivity contribution in [1.82, 2.24) is 10.3 Å². The summed E-state index contributed by atoms with van der Waals surface area (Å²) in [5, 5.41) is 4.56. The number of aromatic nitrogens is 1. The van der Waals surface area contributed by atoms with E-state index in [-0.39, 0.29) is 17.9 Å². The minimum atomic E-state index is -0.208. The molecular formula is C21H22N2O. The number of carbonyl (C=O) groups is 1. The summed E-state index contributed by atoms with van der Waals surface area (Å²) in [4.78, 5) is 16.1. The monoisotopic (exact) mass is 318 g/mol. The van der Waals surface area contributed by atoms with Crippen LogP contribution in [0.2, 0.25) is 0 Å². The molecule has 2 unspecified atom stereocenters. The van der Waals surface area contributed by atoms with Crippen LogP contribution in [-0.4, -0.2) is 16.8 Å². The van der Waals surface area contributed by atoms with Crippen molar-refractivity contribution in [3.05, 3.63) is 71.4 Å². The fourth-order valence-corrected chi connectivity index (χ4v) is 3.81. The molecule has 2 N–H and O–H groups in total. The van der Waals surface area contributed by atoms with Crippen molar-refractivity contribution >= 4 is 16.7 Å². The van der Waals surface area contributed by atoms with E-state index >= 15 is 0 Å². The second kappa shape index (κ2) is 6.25. The average molecular weight is 318 g/mol. The first kappa shape index (κ1) is 15.2. The summed E-state index contributed by atoms with van der Waals surface area (Å²) < 4.78 is 0. The summed E-state index contributed by atoms with van der Waals surface area (Å²) in [6, 6.07) is 16.6. The SMILES string of the molecule is CC(NC1CCCc2ccccc21)C(=O)c1c[nH]c2ccccc12. The first-order valence-electron chi connectivity index (χ1n) is 8.68. The zero-order valence-corrected chi connectivity index (χ0v) is 13.9. The van der Waals surface area contributed by atoms with Crippen LogP contribution in [0.1, 0.15) is 47.3 Å². The van der Waals surface area contributed by atoms with Crippen LogP contribution in [0.5, 0.6) is 0 Å². The van der Waals surface area contributed by atoms with Crippen LogP contribution < -0.4 is 5.32 Å². The Kier molecular flexibility index (Phi) is 3.95. The molecule has 0 saturated heterocycles. The van der Waals surface area contributed by atoms with Gasteiger partial charge < -0.3 is 10.3 Å². The molecule has 122 valence electrons. The molecule has 0 amide bonds. The van der Waals surface area contributed by atoms with Gasteiger partial charge >= 0.3 is 0 Å². The third kappa shape index (κ3) is 2.65. The maximum Gasteiger partial charge on any atom is 0.181 e. The molecule has 2 atom stereocenters. The quantitative estimate of drug-likeness (QED) is 0.700. The molecule has 4 rings (SSSR count). The lowest BCUT2D eigenvalue weighted by Gasteiger charge is -2.28. The zero-order valence-electron chi connectivity index (χ0n) is 13.9. The van der Waals surface area contributed by atoms with E-state index in [4.69, 9.17) is 0 Å². The number of para-hydroxylation sites is 1. The van der Waals surface area contributed by atoms with E-state index in [1.807, 2.05) is 37.4 Å². The number of fused-ring (bicyclic) bond motifs is 2. The van der Waals surface area contributed by atoms with Gasteiger partial charge in [0, 0.05) is 28.7 Å². The van der Waals surface area contributed by atoms with Crippen molar-refractivity contribution in [2.24, 2.45) is 0 Å². The average Bonchev–Trinajstić information content (AvgIpc) is 3.05. The Labute approximate surface area is 142 Å². The Bertz CT molecular complexity index is 880. The highest BCUT2D eigenvalue weighted by molar-refractivity contribution is 6.10. The molecule has 0 aliphatic heterocycles. The molecule has 1 aliphatic rings. The van der Waals surface area contributed by atoms with Crippen LogP contribution in [0.25, 0.3) is 10.9 Å². The number of rotatable bonds is 4. The van der Waals surface area contributed by atoms with Crippen molar-refractivity contribution < 1.29 is 4.79 Å². The van der Waals surface area contributed by atoms with E-state index in [0.29, 0.717) is 0 Å². The van der Waals surface area contributed by atoms with Gasteiger partial charge in [0.25, 0.3) is 0 Å². The molecular weight excluding hydrogens is 296 g/mol. The first-order valence-corrected chi connectivity index (χ1v) is 8.68. The van der Waals surface area contributed by atoms with Crippen LogP contribution in [0.15, 0.2) is 54.7 Å². The number of Topliss-reactive ketones (excluding diaryl/α,β-unsaturated/α-hetero) is 1. The van der Waals surface area contributed by atoms with Crippen molar-refractivity contribution in [1.29, 1.82) is 0 Å². The van der Waals surface area contributed by atoms with Gasteiger partial charge in [0.05, 0.1) is 6.04 Å². The minimum absolute atomic E-state index is 0.149. The Morgan fingerprint density at radius 1 is 1.17 bits per heavy atom. The number of hydrogen-bond acceptors (Lipinski definition) is 2. The van der Waals surface area contributed by atoms with Gasteiger partial charge in [-0.2, -0.15) is 0 Å². The molecule has 24 heavy (non-hydrogen) atoms. The Morgan fingerprint density at radius 3 is 2.88 bits per heavy atom. The second-order valence-electron chi connectivity index (χ2n) is 6.64. The molecule has 2 aromatic carbocycles. The van der Waals surface area contributed by atoms with Gasteiger partial charge in [-0.15, -0.1) is 0 Å². The Morgan fingerprint density at radius 2 is 1.96 bits per heavy atom. The normalized spacial score (nSPS) is 18.3. The highest BCUT2D eigenvalue weighted by atomic mass is 16.1. The number of nitrogens with one attached hydrogen (secondary N) is 2.